The van der Waals surface area contributed by atoms with Gasteiger partial charge in [0.15, 0.2) is 0 Å². The molecule has 0 saturated carbocycles. The van der Waals surface area contributed by atoms with Crippen molar-refractivity contribution in [1.29, 1.82) is 5.26 Å². The largest absolute Gasteiger partial charge is 0.373 e. The van der Waals surface area contributed by atoms with Crippen molar-refractivity contribution < 1.29 is 4.74 Å². The van der Waals surface area contributed by atoms with Gasteiger partial charge in [-0.05, 0) is 26.7 Å². The Morgan fingerprint density at radius 3 is 3.00 bits per heavy atom. The Morgan fingerprint density at radius 2 is 2.41 bits per heavy atom. The molecule has 1 aliphatic heterocycles. The first-order valence-corrected chi connectivity index (χ1v) is 5.87. The smallest absolute Gasteiger partial charge is 0.142 e. The molecule has 1 saturated heterocycles. The van der Waals surface area contributed by atoms with E-state index in [1.54, 1.807) is 4.68 Å². The van der Waals surface area contributed by atoms with Crippen molar-refractivity contribution in [3.05, 3.63) is 11.3 Å². The van der Waals surface area contributed by atoms with Gasteiger partial charge >= 0.3 is 0 Å². The van der Waals surface area contributed by atoms with E-state index in [0.29, 0.717) is 12.1 Å². The number of ether oxygens (including phenoxy) is 1. The average molecular weight is 234 g/mol. The van der Waals surface area contributed by atoms with Gasteiger partial charge in [-0.25, -0.2) is 0 Å². The van der Waals surface area contributed by atoms with Crippen LogP contribution in [0.3, 0.4) is 0 Å². The molecule has 1 unspecified atom stereocenters. The highest BCUT2D eigenvalue weighted by Crippen LogP contribution is 2.26. The molecule has 1 N–H and O–H groups in total. The Kier molecular flexibility index (Phi) is 3.07. The monoisotopic (exact) mass is 234 g/mol. The molecule has 5 heteroatoms. The second-order valence-corrected chi connectivity index (χ2v) is 4.80. The molecule has 2 rings (SSSR count). The fourth-order valence-corrected chi connectivity index (χ4v) is 2.24. The van der Waals surface area contributed by atoms with Crippen LogP contribution in [0.4, 0.5) is 5.82 Å². The van der Waals surface area contributed by atoms with Crippen molar-refractivity contribution in [2.75, 3.05) is 18.5 Å². The molecule has 1 aromatic rings. The van der Waals surface area contributed by atoms with E-state index in [-0.39, 0.29) is 5.60 Å². The molecule has 5 nitrogen and oxygen atoms in total. The molecular formula is C12H18N4O. The van der Waals surface area contributed by atoms with E-state index in [4.69, 9.17) is 10.00 Å². The van der Waals surface area contributed by atoms with Crippen molar-refractivity contribution in [2.24, 2.45) is 7.05 Å². The molecular weight excluding hydrogens is 216 g/mol. The SMILES string of the molecule is Cc1nn(C)c(NCC2(C)CCCO2)c1C#N. The first-order valence-electron chi connectivity index (χ1n) is 5.87. The van der Waals surface area contributed by atoms with Crippen molar-refractivity contribution >= 4 is 5.82 Å². The van der Waals surface area contributed by atoms with Crippen LogP contribution in [0.25, 0.3) is 0 Å². The summed E-state index contributed by atoms with van der Waals surface area (Å²) in [6.45, 7) is 5.48. The molecule has 0 aliphatic carbocycles. The topological polar surface area (TPSA) is 62.9 Å². The normalized spacial score (nSPS) is 23.6. The highest BCUT2D eigenvalue weighted by Gasteiger charge is 2.30. The van der Waals surface area contributed by atoms with Crippen LogP contribution >= 0.6 is 0 Å². The summed E-state index contributed by atoms with van der Waals surface area (Å²) in [7, 11) is 1.84. The lowest BCUT2D eigenvalue weighted by atomic mass is 10.0. The molecule has 1 aromatic heterocycles. The summed E-state index contributed by atoms with van der Waals surface area (Å²) < 4.78 is 7.42. The maximum Gasteiger partial charge on any atom is 0.142 e. The zero-order valence-electron chi connectivity index (χ0n) is 10.6. The van der Waals surface area contributed by atoms with Crippen LogP contribution in [0, 0.1) is 18.3 Å². The summed E-state index contributed by atoms with van der Waals surface area (Å²) in [5, 5.41) is 16.6. The standard InChI is InChI=1S/C12H18N4O/c1-9-10(7-13)11(16(3)15-9)14-8-12(2)5-4-6-17-12/h14H,4-6,8H2,1-3H3. The minimum Gasteiger partial charge on any atom is -0.373 e. The van der Waals surface area contributed by atoms with E-state index < -0.39 is 0 Å². The second kappa shape index (κ2) is 4.38. The van der Waals surface area contributed by atoms with Gasteiger partial charge in [0.25, 0.3) is 0 Å². The van der Waals surface area contributed by atoms with Gasteiger partial charge in [0.2, 0.25) is 0 Å². The van der Waals surface area contributed by atoms with E-state index in [1.807, 2.05) is 14.0 Å². The molecule has 1 atom stereocenters. The minimum absolute atomic E-state index is 0.120. The average Bonchev–Trinajstić information content (AvgIpc) is 2.81. The van der Waals surface area contributed by atoms with Crippen LogP contribution in [0.1, 0.15) is 31.0 Å². The Hall–Kier alpha value is -1.54. The van der Waals surface area contributed by atoms with E-state index >= 15 is 0 Å². The Bertz CT molecular complexity index is 452. The van der Waals surface area contributed by atoms with Gasteiger partial charge in [-0.2, -0.15) is 10.4 Å². The molecule has 0 radical (unpaired) electrons. The zero-order valence-corrected chi connectivity index (χ0v) is 10.6. The Labute approximate surface area is 101 Å². The van der Waals surface area contributed by atoms with Crippen LogP contribution in [-0.4, -0.2) is 28.5 Å². The number of nitriles is 1. The van der Waals surface area contributed by atoms with Crippen molar-refractivity contribution in [3.63, 3.8) is 0 Å². The summed E-state index contributed by atoms with van der Waals surface area (Å²) >= 11 is 0. The molecule has 0 aromatic carbocycles. The number of anilines is 1. The van der Waals surface area contributed by atoms with Gasteiger partial charge in [0.1, 0.15) is 17.5 Å². The molecule has 0 amide bonds. The van der Waals surface area contributed by atoms with Crippen molar-refractivity contribution in [1.82, 2.24) is 9.78 Å². The summed E-state index contributed by atoms with van der Waals surface area (Å²) in [6, 6.07) is 2.19. The van der Waals surface area contributed by atoms with E-state index in [9.17, 15) is 0 Å². The summed E-state index contributed by atoms with van der Waals surface area (Å²) in [6.07, 6.45) is 2.16. The molecule has 1 aliphatic rings. The van der Waals surface area contributed by atoms with E-state index in [1.165, 1.54) is 0 Å². The first-order chi connectivity index (χ1) is 8.06. The zero-order chi connectivity index (χ0) is 12.5. The number of nitrogens with zero attached hydrogens (tertiary/aromatic N) is 3. The highest BCUT2D eigenvalue weighted by molar-refractivity contribution is 5.55. The number of nitrogens with one attached hydrogen (secondary N) is 1. The summed E-state index contributed by atoms with van der Waals surface area (Å²) in [4.78, 5) is 0. The van der Waals surface area contributed by atoms with Gasteiger partial charge in [0, 0.05) is 20.2 Å². The van der Waals surface area contributed by atoms with Crippen molar-refractivity contribution in [2.45, 2.75) is 32.3 Å². The summed E-state index contributed by atoms with van der Waals surface area (Å²) in [5.74, 6) is 0.779. The third-order valence-electron chi connectivity index (χ3n) is 3.26. The lowest BCUT2D eigenvalue weighted by Crippen LogP contribution is -2.33. The fourth-order valence-electron chi connectivity index (χ4n) is 2.24. The second-order valence-electron chi connectivity index (χ2n) is 4.80. The fraction of sp³-hybridized carbons (Fsp3) is 0.667. The van der Waals surface area contributed by atoms with Gasteiger partial charge in [-0.1, -0.05) is 0 Å². The molecule has 2 heterocycles. The number of hydrogen-bond acceptors (Lipinski definition) is 4. The first kappa shape index (κ1) is 11.9. The molecule has 92 valence electrons. The van der Waals surface area contributed by atoms with Crippen LogP contribution in [0.5, 0.6) is 0 Å². The van der Waals surface area contributed by atoms with Gasteiger partial charge < -0.3 is 10.1 Å². The van der Waals surface area contributed by atoms with Crippen LogP contribution in [0.2, 0.25) is 0 Å². The lowest BCUT2D eigenvalue weighted by Gasteiger charge is -2.24. The van der Waals surface area contributed by atoms with Crippen molar-refractivity contribution in [3.8, 4) is 6.07 Å². The number of aromatic nitrogens is 2. The molecule has 1 fully saturated rings. The maximum atomic E-state index is 9.09. The third kappa shape index (κ3) is 2.27. The quantitative estimate of drug-likeness (QED) is 0.862. The lowest BCUT2D eigenvalue weighted by molar-refractivity contribution is 0.0314. The predicted octanol–water partition coefficient (Wildman–Crippen LogP) is 1.58. The highest BCUT2D eigenvalue weighted by atomic mass is 16.5. The molecule has 17 heavy (non-hydrogen) atoms. The van der Waals surface area contributed by atoms with E-state index in [2.05, 4.69) is 23.4 Å². The Morgan fingerprint density at radius 1 is 1.65 bits per heavy atom. The molecule has 0 spiro atoms. The number of aryl methyl sites for hydroxylation is 2. The predicted molar refractivity (Wildman–Crippen MR) is 64.7 cm³/mol. The number of hydrogen-bond donors (Lipinski definition) is 1. The van der Waals surface area contributed by atoms with Gasteiger partial charge in [-0.15, -0.1) is 0 Å². The van der Waals surface area contributed by atoms with Gasteiger partial charge in [-0.3, -0.25) is 4.68 Å². The van der Waals surface area contributed by atoms with Gasteiger partial charge in [0.05, 0.1) is 11.3 Å². The van der Waals surface area contributed by atoms with Crippen LogP contribution < -0.4 is 5.32 Å². The van der Waals surface area contributed by atoms with E-state index in [0.717, 1.165) is 31.0 Å². The Balaban J connectivity index is 2.11. The third-order valence-corrected chi connectivity index (χ3v) is 3.26. The number of rotatable bonds is 3. The maximum absolute atomic E-state index is 9.09. The molecule has 0 bridgehead atoms. The van der Waals surface area contributed by atoms with Crippen LogP contribution in [0.15, 0.2) is 0 Å². The summed E-state index contributed by atoms with van der Waals surface area (Å²) in [5.41, 5.74) is 1.26. The van der Waals surface area contributed by atoms with Crippen LogP contribution in [-0.2, 0) is 11.8 Å². The minimum atomic E-state index is -0.120.